The Morgan fingerprint density at radius 1 is 0.882 bits per heavy atom. The highest BCUT2D eigenvalue weighted by atomic mass is 16.3. The van der Waals surface area contributed by atoms with E-state index in [2.05, 4.69) is 15.0 Å². The second-order valence-corrected chi connectivity index (χ2v) is 3.67. The Morgan fingerprint density at radius 3 is 2.53 bits per heavy atom. The molecular formula is C13H9N3O. The van der Waals surface area contributed by atoms with Gasteiger partial charge < -0.3 is 5.11 Å². The molecular weight excluding hydrogens is 214 g/mol. The lowest BCUT2D eigenvalue weighted by atomic mass is 10.1. The number of aromatic nitrogens is 3. The first-order valence-corrected chi connectivity index (χ1v) is 5.19. The minimum atomic E-state index is 0.00572. The van der Waals surface area contributed by atoms with E-state index in [0.717, 1.165) is 16.6 Å². The van der Waals surface area contributed by atoms with E-state index in [9.17, 15) is 5.11 Å². The van der Waals surface area contributed by atoms with E-state index < -0.39 is 0 Å². The monoisotopic (exact) mass is 223 g/mol. The second-order valence-electron chi connectivity index (χ2n) is 3.67. The Hall–Kier alpha value is -2.49. The molecule has 0 radical (unpaired) electrons. The standard InChI is InChI=1S/C13H9N3O/c17-13-2-1-11-12(16-13)7-10(8-15-11)9-3-5-14-6-4-9/h1-8H,(H,16,17). The number of rotatable bonds is 1. The first-order chi connectivity index (χ1) is 8.33. The maximum atomic E-state index is 9.34. The van der Waals surface area contributed by atoms with Crippen molar-refractivity contribution >= 4 is 11.0 Å². The molecule has 4 nitrogen and oxygen atoms in total. The summed E-state index contributed by atoms with van der Waals surface area (Å²) in [5.74, 6) is 0.00572. The lowest BCUT2D eigenvalue weighted by Crippen LogP contribution is -1.86. The minimum Gasteiger partial charge on any atom is -0.493 e. The van der Waals surface area contributed by atoms with Crippen LogP contribution in [0.4, 0.5) is 0 Å². The molecule has 3 rings (SSSR count). The van der Waals surface area contributed by atoms with Gasteiger partial charge in [-0.3, -0.25) is 9.97 Å². The smallest absolute Gasteiger partial charge is 0.211 e. The molecule has 3 aromatic rings. The van der Waals surface area contributed by atoms with Crippen LogP contribution in [0.15, 0.2) is 48.9 Å². The molecule has 0 aliphatic heterocycles. The van der Waals surface area contributed by atoms with Gasteiger partial charge in [0, 0.05) is 30.2 Å². The molecule has 0 amide bonds. The van der Waals surface area contributed by atoms with Crippen molar-refractivity contribution in [1.82, 2.24) is 15.0 Å². The first-order valence-electron chi connectivity index (χ1n) is 5.19. The van der Waals surface area contributed by atoms with Crippen molar-refractivity contribution in [1.29, 1.82) is 0 Å². The summed E-state index contributed by atoms with van der Waals surface area (Å²) < 4.78 is 0. The maximum absolute atomic E-state index is 9.34. The van der Waals surface area contributed by atoms with E-state index in [1.54, 1.807) is 24.7 Å². The van der Waals surface area contributed by atoms with Crippen LogP contribution in [0, 0.1) is 0 Å². The molecule has 0 aliphatic carbocycles. The summed E-state index contributed by atoms with van der Waals surface area (Å²) in [6, 6.07) is 8.99. The van der Waals surface area contributed by atoms with Crippen molar-refractivity contribution < 1.29 is 5.11 Å². The molecule has 17 heavy (non-hydrogen) atoms. The highest BCUT2D eigenvalue weighted by molar-refractivity contribution is 5.80. The van der Waals surface area contributed by atoms with E-state index in [0.29, 0.717) is 5.52 Å². The summed E-state index contributed by atoms with van der Waals surface area (Å²) in [6.07, 6.45) is 5.25. The Kier molecular flexibility index (Phi) is 2.19. The molecule has 0 aliphatic rings. The highest BCUT2D eigenvalue weighted by Crippen LogP contribution is 2.22. The van der Waals surface area contributed by atoms with Crippen LogP contribution < -0.4 is 0 Å². The second kappa shape index (κ2) is 3.83. The Labute approximate surface area is 97.6 Å². The van der Waals surface area contributed by atoms with Gasteiger partial charge in [0.15, 0.2) is 0 Å². The number of hydrogen-bond donors (Lipinski definition) is 1. The molecule has 0 unspecified atom stereocenters. The quantitative estimate of drug-likeness (QED) is 0.688. The van der Waals surface area contributed by atoms with Gasteiger partial charge in [-0.15, -0.1) is 0 Å². The number of nitrogens with zero attached hydrogens (tertiary/aromatic N) is 3. The van der Waals surface area contributed by atoms with E-state index >= 15 is 0 Å². The van der Waals surface area contributed by atoms with Gasteiger partial charge in [-0.2, -0.15) is 0 Å². The fourth-order valence-electron chi connectivity index (χ4n) is 1.70. The van der Waals surface area contributed by atoms with Gasteiger partial charge in [-0.25, -0.2) is 4.98 Å². The van der Waals surface area contributed by atoms with Gasteiger partial charge in [0.25, 0.3) is 0 Å². The van der Waals surface area contributed by atoms with Gasteiger partial charge in [0.05, 0.1) is 11.0 Å². The fourth-order valence-corrected chi connectivity index (χ4v) is 1.70. The number of aromatic hydroxyl groups is 1. The molecule has 0 atom stereocenters. The predicted molar refractivity (Wildman–Crippen MR) is 64.4 cm³/mol. The SMILES string of the molecule is Oc1ccc2ncc(-c3ccncc3)cc2n1. The normalized spacial score (nSPS) is 10.6. The summed E-state index contributed by atoms with van der Waals surface area (Å²) in [5.41, 5.74) is 3.43. The van der Waals surface area contributed by atoms with Gasteiger partial charge in [0.1, 0.15) is 0 Å². The summed E-state index contributed by atoms with van der Waals surface area (Å²) in [4.78, 5) is 12.3. The molecule has 0 bridgehead atoms. The van der Waals surface area contributed by atoms with Gasteiger partial charge in [-0.05, 0) is 29.8 Å². The zero-order valence-electron chi connectivity index (χ0n) is 8.91. The lowest BCUT2D eigenvalue weighted by Gasteiger charge is -2.02. The van der Waals surface area contributed by atoms with Crippen LogP contribution in [0.2, 0.25) is 0 Å². The van der Waals surface area contributed by atoms with Gasteiger partial charge in [0.2, 0.25) is 5.88 Å². The summed E-state index contributed by atoms with van der Waals surface area (Å²) in [5, 5.41) is 9.34. The molecule has 0 aromatic carbocycles. The third kappa shape index (κ3) is 1.80. The van der Waals surface area contributed by atoms with Crippen LogP contribution in [-0.2, 0) is 0 Å². The Balaban J connectivity index is 2.19. The number of fused-ring (bicyclic) bond motifs is 1. The third-order valence-corrected chi connectivity index (χ3v) is 2.54. The van der Waals surface area contributed by atoms with Crippen LogP contribution in [0.3, 0.4) is 0 Å². The number of pyridine rings is 3. The molecule has 82 valence electrons. The molecule has 1 N–H and O–H groups in total. The Bertz CT molecular complexity index is 668. The lowest BCUT2D eigenvalue weighted by molar-refractivity contribution is 0.456. The predicted octanol–water partition coefficient (Wildman–Crippen LogP) is 2.40. The van der Waals surface area contributed by atoms with Crippen molar-refractivity contribution in [2.75, 3.05) is 0 Å². The van der Waals surface area contributed by atoms with Crippen molar-refractivity contribution in [2.45, 2.75) is 0 Å². The molecule has 0 saturated carbocycles. The third-order valence-electron chi connectivity index (χ3n) is 2.54. The molecule has 3 heterocycles. The van der Waals surface area contributed by atoms with Crippen molar-refractivity contribution in [3.05, 3.63) is 48.9 Å². The van der Waals surface area contributed by atoms with Crippen LogP contribution >= 0.6 is 0 Å². The molecule has 3 aromatic heterocycles. The largest absolute Gasteiger partial charge is 0.493 e. The molecule has 0 fully saturated rings. The van der Waals surface area contributed by atoms with E-state index in [1.165, 1.54) is 6.07 Å². The zero-order valence-corrected chi connectivity index (χ0v) is 8.91. The molecule has 0 spiro atoms. The van der Waals surface area contributed by atoms with Crippen molar-refractivity contribution in [3.63, 3.8) is 0 Å². The molecule has 4 heteroatoms. The van der Waals surface area contributed by atoms with Gasteiger partial charge in [-0.1, -0.05) is 0 Å². The maximum Gasteiger partial charge on any atom is 0.211 e. The topological polar surface area (TPSA) is 58.9 Å². The van der Waals surface area contributed by atoms with E-state index in [4.69, 9.17) is 0 Å². The van der Waals surface area contributed by atoms with Crippen LogP contribution in [-0.4, -0.2) is 20.1 Å². The zero-order chi connectivity index (χ0) is 11.7. The minimum absolute atomic E-state index is 0.00572. The fraction of sp³-hybridized carbons (Fsp3) is 0. The van der Waals surface area contributed by atoms with Crippen LogP contribution in [0.1, 0.15) is 0 Å². The van der Waals surface area contributed by atoms with Crippen molar-refractivity contribution in [3.8, 4) is 17.0 Å². The Morgan fingerprint density at radius 2 is 1.71 bits per heavy atom. The highest BCUT2D eigenvalue weighted by Gasteiger charge is 2.02. The van der Waals surface area contributed by atoms with Crippen molar-refractivity contribution in [2.24, 2.45) is 0 Å². The average molecular weight is 223 g/mol. The summed E-state index contributed by atoms with van der Waals surface area (Å²) in [6.45, 7) is 0. The number of hydrogen-bond acceptors (Lipinski definition) is 4. The van der Waals surface area contributed by atoms with Crippen LogP contribution in [0.5, 0.6) is 5.88 Å². The average Bonchev–Trinajstić information content (AvgIpc) is 2.39. The van der Waals surface area contributed by atoms with Crippen LogP contribution in [0.25, 0.3) is 22.2 Å². The molecule has 0 saturated heterocycles. The van der Waals surface area contributed by atoms with Gasteiger partial charge >= 0.3 is 0 Å². The summed E-state index contributed by atoms with van der Waals surface area (Å²) in [7, 11) is 0. The van der Waals surface area contributed by atoms with E-state index in [-0.39, 0.29) is 5.88 Å². The summed E-state index contributed by atoms with van der Waals surface area (Å²) >= 11 is 0. The first kappa shape index (κ1) is 9.72. The van der Waals surface area contributed by atoms with E-state index in [1.807, 2.05) is 18.2 Å².